The van der Waals surface area contributed by atoms with E-state index in [-0.39, 0.29) is 47.1 Å². The molecule has 2 N–H and O–H groups in total. The Hall–Kier alpha value is -3.95. The molecule has 3 heterocycles. The molecule has 0 amide bonds. The Kier molecular flexibility index (Phi) is 7.95. The zero-order chi connectivity index (χ0) is 34.1. The van der Waals surface area contributed by atoms with Gasteiger partial charge in [-0.2, -0.15) is 0 Å². The van der Waals surface area contributed by atoms with Crippen LogP contribution in [0.2, 0.25) is 0 Å². The average Bonchev–Trinajstić information content (AvgIpc) is 3.15. The third-order valence-electron chi connectivity index (χ3n) is 10.4. The van der Waals surface area contributed by atoms with Crippen LogP contribution in [0.5, 0.6) is 17.2 Å². The number of phenolic OH excluding ortho intramolecular Hbond substituents is 1. The lowest BCUT2D eigenvalue weighted by atomic mass is 9.51. The first-order valence-corrected chi connectivity index (χ1v) is 16.3. The van der Waals surface area contributed by atoms with Crippen molar-refractivity contribution in [2.75, 3.05) is 6.61 Å². The lowest BCUT2D eigenvalue weighted by Gasteiger charge is -2.56. The molecule has 2 fully saturated rings. The molecule has 9 heteroatoms. The van der Waals surface area contributed by atoms with Crippen molar-refractivity contribution in [3.8, 4) is 17.2 Å². The van der Waals surface area contributed by atoms with Gasteiger partial charge < -0.3 is 29.2 Å². The lowest BCUT2D eigenvalue weighted by Crippen LogP contribution is -2.72. The average molecular weight is 645 g/mol. The molecule has 1 unspecified atom stereocenters. The highest BCUT2D eigenvalue weighted by Gasteiger charge is 2.81. The zero-order valence-corrected chi connectivity index (χ0v) is 28.2. The van der Waals surface area contributed by atoms with Gasteiger partial charge in [0.15, 0.2) is 22.8 Å². The molecular formula is C38H44O9. The smallest absolute Gasteiger partial charge is 0.298 e. The number of hydrogen-bond acceptors (Lipinski definition) is 9. The van der Waals surface area contributed by atoms with Crippen LogP contribution in [0.4, 0.5) is 0 Å². The maximum Gasteiger partial charge on any atom is 0.298 e. The summed E-state index contributed by atoms with van der Waals surface area (Å²) in [5.41, 5.74) is -1.16. The molecule has 3 aliphatic carbocycles. The van der Waals surface area contributed by atoms with Gasteiger partial charge in [-0.15, -0.1) is 0 Å². The van der Waals surface area contributed by atoms with Crippen LogP contribution in [-0.4, -0.2) is 57.3 Å². The highest BCUT2D eigenvalue weighted by Crippen LogP contribution is 2.68. The molecule has 1 saturated heterocycles. The summed E-state index contributed by atoms with van der Waals surface area (Å²) >= 11 is 0. The lowest BCUT2D eigenvalue weighted by molar-refractivity contribution is -0.171. The van der Waals surface area contributed by atoms with Crippen molar-refractivity contribution in [2.45, 2.75) is 103 Å². The van der Waals surface area contributed by atoms with E-state index >= 15 is 0 Å². The first-order chi connectivity index (χ1) is 22.1. The molecule has 0 radical (unpaired) electrons. The summed E-state index contributed by atoms with van der Waals surface area (Å²) in [7, 11) is 0. The highest BCUT2D eigenvalue weighted by molar-refractivity contribution is 6.19. The van der Waals surface area contributed by atoms with E-state index in [4.69, 9.17) is 18.9 Å². The van der Waals surface area contributed by atoms with Crippen molar-refractivity contribution >= 4 is 24.1 Å². The SMILES string of the molecule is CC(C)=CCC[C@]1(C)C=Cc2c(O)c3c(c(CC=C(C)C)c2O1)O[C@]12C(=C[C@@H]4CC1C(C)(C)O[C@]2(C/C=C(/CO)OC=O)C4=O)C3=O. The fourth-order valence-electron chi connectivity index (χ4n) is 8.26. The number of hydrogen-bond donors (Lipinski definition) is 2. The summed E-state index contributed by atoms with van der Waals surface area (Å²) in [4.78, 5) is 40.2. The summed E-state index contributed by atoms with van der Waals surface area (Å²) in [5, 5.41) is 21.6. The number of Topliss-reactive ketones (excluding diaryl/α,β-unsaturated/α-hetero) is 2. The molecule has 6 aliphatic rings. The van der Waals surface area contributed by atoms with Crippen LogP contribution in [-0.2, 0) is 25.5 Å². The number of rotatable bonds is 10. The number of allylic oxidation sites excluding steroid dienone is 5. The number of benzene rings is 1. The van der Waals surface area contributed by atoms with Crippen molar-refractivity contribution in [2.24, 2.45) is 11.8 Å². The summed E-state index contributed by atoms with van der Waals surface area (Å²) in [6, 6.07) is 0. The molecule has 1 aromatic rings. The number of aliphatic hydroxyl groups excluding tert-OH is 1. The second-order valence-electron chi connectivity index (χ2n) is 14.6. The molecule has 4 bridgehead atoms. The van der Waals surface area contributed by atoms with E-state index in [1.54, 1.807) is 6.08 Å². The Morgan fingerprint density at radius 3 is 2.43 bits per heavy atom. The van der Waals surface area contributed by atoms with E-state index in [0.29, 0.717) is 36.1 Å². The predicted octanol–water partition coefficient (Wildman–Crippen LogP) is 6.26. The van der Waals surface area contributed by atoms with Crippen LogP contribution in [0.15, 0.2) is 52.9 Å². The van der Waals surface area contributed by atoms with Gasteiger partial charge in [-0.3, -0.25) is 14.4 Å². The third-order valence-corrected chi connectivity index (χ3v) is 10.4. The van der Waals surface area contributed by atoms with Crippen LogP contribution in [0, 0.1) is 11.8 Å². The van der Waals surface area contributed by atoms with Gasteiger partial charge in [0, 0.05) is 29.4 Å². The highest BCUT2D eigenvalue weighted by atomic mass is 16.6. The Bertz CT molecular complexity index is 1710. The van der Waals surface area contributed by atoms with Crippen LogP contribution < -0.4 is 9.47 Å². The van der Waals surface area contributed by atoms with E-state index in [1.165, 1.54) is 11.6 Å². The quantitative estimate of drug-likeness (QED) is 0.172. The van der Waals surface area contributed by atoms with Gasteiger partial charge in [-0.1, -0.05) is 29.4 Å². The first kappa shape index (κ1) is 33.0. The minimum absolute atomic E-state index is 0.0403. The van der Waals surface area contributed by atoms with Crippen LogP contribution >= 0.6 is 0 Å². The largest absolute Gasteiger partial charge is 0.506 e. The van der Waals surface area contributed by atoms with Crippen LogP contribution in [0.3, 0.4) is 0 Å². The van der Waals surface area contributed by atoms with Gasteiger partial charge in [0.25, 0.3) is 6.47 Å². The number of aromatic hydroxyl groups is 1. The first-order valence-electron chi connectivity index (χ1n) is 16.3. The van der Waals surface area contributed by atoms with Gasteiger partial charge in [0.1, 0.15) is 40.8 Å². The van der Waals surface area contributed by atoms with Crippen molar-refractivity contribution in [3.63, 3.8) is 0 Å². The van der Waals surface area contributed by atoms with Crippen LogP contribution in [0.1, 0.15) is 95.6 Å². The maximum atomic E-state index is 14.8. The van der Waals surface area contributed by atoms with Crippen LogP contribution in [0.25, 0.3) is 6.08 Å². The Morgan fingerprint density at radius 2 is 1.77 bits per heavy atom. The molecular weight excluding hydrogens is 600 g/mol. The van der Waals surface area contributed by atoms with E-state index in [0.717, 1.165) is 12.0 Å². The minimum Gasteiger partial charge on any atom is -0.506 e. The molecule has 5 atom stereocenters. The summed E-state index contributed by atoms with van der Waals surface area (Å²) in [6.07, 6.45) is 13.2. The van der Waals surface area contributed by atoms with Gasteiger partial charge in [0.05, 0.1) is 11.2 Å². The maximum absolute atomic E-state index is 14.8. The summed E-state index contributed by atoms with van der Waals surface area (Å²) < 4.78 is 25.6. The molecule has 250 valence electrons. The second-order valence-corrected chi connectivity index (χ2v) is 14.6. The normalized spacial score (nSPS) is 30.7. The van der Waals surface area contributed by atoms with Gasteiger partial charge >= 0.3 is 0 Å². The van der Waals surface area contributed by atoms with Crippen molar-refractivity contribution < 1.29 is 43.5 Å². The van der Waals surface area contributed by atoms with Gasteiger partial charge in [-0.05, 0) is 92.4 Å². The summed E-state index contributed by atoms with van der Waals surface area (Å²) in [5.74, 6) is -1.31. The number of carbonyl (C=O) groups is 3. The van der Waals surface area contributed by atoms with E-state index in [1.807, 2.05) is 52.8 Å². The molecule has 7 rings (SSSR count). The van der Waals surface area contributed by atoms with E-state index in [2.05, 4.69) is 19.9 Å². The van der Waals surface area contributed by atoms with Crippen molar-refractivity contribution in [1.82, 2.24) is 0 Å². The number of carbonyl (C=O) groups excluding carboxylic acids is 3. The van der Waals surface area contributed by atoms with E-state index < -0.39 is 46.6 Å². The molecule has 9 nitrogen and oxygen atoms in total. The monoisotopic (exact) mass is 644 g/mol. The number of aliphatic hydroxyl groups is 1. The molecule has 1 aromatic carbocycles. The number of ketones is 2. The molecule has 1 saturated carbocycles. The predicted molar refractivity (Wildman–Crippen MR) is 175 cm³/mol. The Balaban J connectivity index is 1.58. The Labute approximate surface area is 275 Å². The second kappa shape index (κ2) is 11.3. The molecule has 1 spiro atoms. The summed E-state index contributed by atoms with van der Waals surface area (Å²) in [6.45, 7) is 13.5. The number of phenols is 1. The van der Waals surface area contributed by atoms with E-state index in [9.17, 15) is 24.6 Å². The zero-order valence-electron chi connectivity index (χ0n) is 28.2. The fourth-order valence-corrected chi connectivity index (χ4v) is 8.26. The third kappa shape index (κ3) is 4.84. The fraction of sp³-hybridized carbons (Fsp3) is 0.500. The standard InChI is InChI=1S/C38H44O9/c1-21(2)9-8-14-36(7)15-13-25-30(41)29-31(42)27-17-23-18-28-35(5,6)47-37(34(23)43,16-12-24(19-39)44-20-40)38(27,28)46-33(29)26(32(25)45-36)11-10-22(3)4/h9-10,12-13,15,17,20,23,28,39,41H,8,11,14,16,18-19H2,1-7H3/b24-12-/t23-,28?,36-,37-,38-/m1/s1. The molecule has 0 aromatic heterocycles. The van der Waals surface area contributed by atoms with Gasteiger partial charge in [-0.25, -0.2) is 0 Å². The number of ether oxygens (including phenoxy) is 4. The number of fused-ring (bicyclic) bond motifs is 2. The molecule has 3 aliphatic heterocycles. The Morgan fingerprint density at radius 1 is 1.04 bits per heavy atom. The van der Waals surface area contributed by atoms with Crippen molar-refractivity contribution in [3.05, 3.63) is 69.5 Å². The topological polar surface area (TPSA) is 129 Å². The minimum atomic E-state index is -1.66. The molecule has 47 heavy (non-hydrogen) atoms. The van der Waals surface area contributed by atoms with Crippen molar-refractivity contribution in [1.29, 1.82) is 0 Å². The van der Waals surface area contributed by atoms with Gasteiger partial charge in [0.2, 0.25) is 0 Å².